The number of allylic oxidation sites excluding steroid dienone is 3. The predicted molar refractivity (Wildman–Crippen MR) is 285 cm³/mol. The molecule has 10 nitrogen and oxygen atoms in total. The Balaban J connectivity index is 0.000000180. The minimum Gasteiger partial charge on any atom is -0.504 e. The molecule has 6 saturated carbocycles. The van der Waals surface area contributed by atoms with Gasteiger partial charge in [-0.1, -0.05) is 91.5 Å². The highest BCUT2D eigenvalue weighted by atomic mass is 32.2. The number of benzene rings is 2. The molecule has 8 aliphatic carbocycles. The lowest BCUT2D eigenvalue weighted by atomic mass is 9.34. The summed E-state index contributed by atoms with van der Waals surface area (Å²) in [6.45, 7) is 28.1. The van der Waals surface area contributed by atoms with Gasteiger partial charge in [-0.2, -0.15) is 8.42 Å². The third kappa shape index (κ3) is 6.98. The molecule has 0 spiro atoms. The molecule has 2 aromatic rings. The van der Waals surface area contributed by atoms with E-state index in [1.807, 2.05) is 19.9 Å². The molecular formula is C62H84O10S. The average Bonchev–Trinajstić information content (AvgIpc) is 3.33. The Kier molecular flexibility index (Phi) is 12.0. The van der Waals surface area contributed by atoms with Gasteiger partial charge in [-0.05, 0) is 207 Å². The van der Waals surface area contributed by atoms with Gasteiger partial charge in [0.05, 0.1) is 18.4 Å². The summed E-state index contributed by atoms with van der Waals surface area (Å²) in [5.74, 6) is 2.27. The molecule has 0 heterocycles. The van der Waals surface area contributed by atoms with Crippen molar-refractivity contribution in [1.82, 2.24) is 0 Å². The van der Waals surface area contributed by atoms with E-state index in [1.54, 1.807) is 26.0 Å². The number of fused-ring (bicyclic) bond motifs is 14. The highest BCUT2D eigenvalue weighted by molar-refractivity contribution is 7.87. The first-order valence-electron chi connectivity index (χ1n) is 27.1. The van der Waals surface area contributed by atoms with Gasteiger partial charge < -0.3 is 25.5 Å². The molecule has 8 aliphatic rings. The van der Waals surface area contributed by atoms with E-state index in [4.69, 9.17) is 10.6 Å². The van der Waals surface area contributed by atoms with Gasteiger partial charge in [-0.15, -0.1) is 6.42 Å². The van der Waals surface area contributed by atoms with Crippen LogP contribution in [-0.2, 0) is 34.7 Å². The SMILES string of the molecule is C#CC1C=C2[C@@](C)(CC[C@@]3(C)[C@@H]4C[C@](C)(C(=O)O)CC[C@]4(C)CC[C@]23C)c2cc(O)c(O)c(C)c21.COS(=O)(=O)C1C=C2[C@@](C)(CC[C@@]3(C)[C@@H]4C[C@](C)(C(C)=O)CC[C@]4(C)CC[C@]23C)c2cc(O)c(O)c(C)c21. The van der Waals surface area contributed by atoms with Crippen LogP contribution in [-0.4, -0.2) is 52.8 Å². The fourth-order valence-corrected chi connectivity index (χ4v) is 19.5. The van der Waals surface area contributed by atoms with Crippen LogP contribution in [0.5, 0.6) is 23.0 Å². The van der Waals surface area contributed by atoms with E-state index < -0.39 is 32.2 Å². The number of carbonyl (C=O) groups is 2. The summed E-state index contributed by atoms with van der Waals surface area (Å²) in [4.78, 5) is 25.1. The first-order chi connectivity index (χ1) is 33.6. The number of rotatable bonds is 4. The molecule has 6 fully saturated rings. The summed E-state index contributed by atoms with van der Waals surface area (Å²) in [7, 11) is -2.85. The van der Waals surface area contributed by atoms with Crippen molar-refractivity contribution < 1.29 is 47.7 Å². The minimum absolute atomic E-state index is 0.0485. The maximum absolute atomic E-state index is 13.4. The van der Waals surface area contributed by atoms with E-state index >= 15 is 0 Å². The van der Waals surface area contributed by atoms with Gasteiger partial charge in [0.15, 0.2) is 23.0 Å². The highest BCUT2D eigenvalue weighted by Gasteiger charge is 2.69. The summed E-state index contributed by atoms with van der Waals surface area (Å²) < 4.78 is 31.8. The predicted octanol–water partition coefficient (Wildman–Crippen LogP) is 13.4. The van der Waals surface area contributed by atoms with Gasteiger partial charge in [-0.25, -0.2) is 0 Å². The molecule has 73 heavy (non-hydrogen) atoms. The molecule has 0 aliphatic heterocycles. The van der Waals surface area contributed by atoms with Crippen molar-refractivity contribution in [2.75, 3.05) is 7.11 Å². The molecule has 0 aromatic heterocycles. The average molecular weight is 1020 g/mol. The molecule has 5 N–H and O–H groups in total. The fraction of sp³-hybridized carbons (Fsp3) is 0.677. The number of ketones is 1. The second kappa shape index (κ2) is 16.4. The minimum atomic E-state index is -4.03. The van der Waals surface area contributed by atoms with Crippen molar-refractivity contribution in [3.05, 3.63) is 68.8 Å². The number of carbonyl (C=O) groups excluding carboxylic acids is 1. The number of aliphatic carboxylic acids is 1. The molecule has 2 unspecified atom stereocenters. The van der Waals surface area contributed by atoms with Gasteiger partial charge in [-0.3, -0.25) is 13.8 Å². The van der Waals surface area contributed by atoms with E-state index in [0.29, 0.717) is 28.5 Å². The monoisotopic (exact) mass is 1020 g/mol. The molecular weight excluding hydrogens is 937 g/mol. The Bertz CT molecular complexity index is 2960. The molecule has 398 valence electrons. The number of carboxylic acid groups (broad SMARTS) is 1. The van der Waals surface area contributed by atoms with E-state index in [9.17, 15) is 43.5 Å². The van der Waals surface area contributed by atoms with Crippen LogP contribution in [0.4, 0.5) is 0 Å². The molecule has 0 radical (unpaired) electrons. The summed E-state index contributed by atoms with van der Waals surface area (Å²) in [6.07, 6.45) is 23.3. The largest absolute Gasteiger partial charge is 0.504 e. The summed E-state index contributed by atoms with van der Waals surface area (Å²) in [5, 5.41) is 51.4. The molecule has 11 heteroatoms. The van der Waals surface area contributed by atoms with Crippen LogP contribution in [0.15, 0.2) is 35.4 Å². The maximum atomic E-state index is 13.4. The molecule has 0 amide bonds. The third-order valence-electron chi connectivity index (χ3n) is 24.3. The number of hydrogen-bond donors (Lipinski definition) is 5. The quantitative estimate of drug-likeness (QED) is 0.0857. The Labute approximate surface area is 436 Å². The Morgan fingerprint density at radius 2 is 1.03 bits per heavy atom. The Hall–Kier alpha value is -4.27. The van der Waals surface area contributed by atoms with Crippen LogP contribution in [0.2, 0.25) is 0 Å². The van der Waals surface area contributed by atoms with Crippen LogP contribution in [0.3, 0.4) is 0 Å². The van der Waals surface area contributed by atoms with Gasteiger partial charge in [0, 0.05) is 16.2 Å². The number of aromatic hydroxyl groups is 4. The number of phenolic OH excluding ortho intramolecular Hbond substituents is 4. The van der Waals surface area contributed by atoms with Crippen LogP contribution in [0, 0.1) is 81.3 Å². The Morgan fingerprint density at radius 3 is 1.47 bits per heavy atom. The number of phenols is 4. The van der Waals surface area contributed by atoms with Crippen molar-refractivity contribution >= 4 is 21.9 Å². The second-order valence-corrected chi connectivity index (χ2v) is 29.3. The first kappa shape index (κ1) is 53.6. The standard InChI is InChI=1S/C31H44O6S.C31H40O4/c1-18-25-20(15-21(33)26(18)34)29(5)12-14-31(7)24-17-28(4,19(2)32)10-9-27(24,3)11-13-30(31,6)23(29)16-22(25)38(35,36)37-8;1-8-19-15-22-29(5,20-16-21(32)25(33)18(2)24(19)20)12-14-31(7)23-17-28(4,26(34)35)10-9-27(23,3)11-13-30(22,31)6/h15-16,22,24,33-34H,9-14,17H2,1-8H3;1,15-16,19,23,32-33H,9-14,17H2,2-7H3,(H,34,35)/t22?,24-,27-,28-,29+,30-,31+;19?,23-,27-,28-,29+,30-,31+/m11/s1. The molecule has 14 atom stereocenters. The number of terminal acetylenes is 1. The van der Waals surface area contributed by atoms with Crippen molar-refractivity contribution in [3.63, 3.8) is 0 Å². The number of hydrogen-bond acceptors (Lipinski definition) is 9. The smallest absolute Gasteiger partial charge is 0.309 e. The van der Waals surface area contributed by atoms with E-state index in [1.165, 1.54) is 12.7 Å². The lowest BCUT2D eigenvalue weighted by Gasteiger charge is -2.70. The van der Waals surface area contributed by atoms with Crippen molar-refractivity contribution in [2.45, 2.75) is 202 Å². The van der Waals surface area contributed by atoms with Gasteiger partial charge in [0.2, 0.25) is 0 Å². The fourth-order valence-electron chi connectivity index (χ4n) is 18.4. The van der Waals surface area contributed by atoms with Crippen molar-refractivity contribution in [3.8, 4) is 35.3 Å². The lowest BCUT2D eigenvalue weighted by molar-refractivity contribution is -0.177. The maximum Gasteiger partial charge on any atom is 0.309 e. The molecule has 0 saturated heterocycles. The van der Waals surface area contributed by atoms with Crippen LogP contribution in [0.25, 0.3) is 0 Å². The van der Waals surface area contributed by atoms with Crippen LogP contribution in [0.1, 0.15) is 211 Å². The van der Waals surface area contributed by atoms with Crippen LogP contribution < -0.4 is 0 Å². The second-order valence-electron chi connectivity index (χ2n) is 27.5. The number of Topliss-reactive ketones (excluding diaryl/α,β-unsaturated/α-hetero) is 1. The zero-order chi connectivity index (χ0) is 54.0. The normalized spacial score (nSPS) is 43.1. The van der Waals surface area contributed by atoms with Crippen molar-refractivity contribution in [1.29, 1.82) is 0 Å². The molecule has 2 aromatic carbocycles. The molecule has 10 rings (SSSR count). The topological polar surface area (TPSA) is 179 Å². The van der Waals surface area contributed by atoms with Crippen molar-refractivity contribution in [2.24, 2.45) is 55.2 Å². The van der Waals surface area contributed by atoms with Gasteiger partial charge in [0.25, 0.3) is 10.1 Å². The van der Waals surface area contributed by atoms with E-state index in [-0.39, 0.29) is 78.0 Å². The summed E-state index contributed by atoms with van der Waals surface area (Å²) in [6, 6.07) is 3.32. The summed E-state index contributed by atoms with van der Waals surface area (Å²) in [5.41, 5.74) is 4.66. The third-order valence-corrected chi connectivity index (χ3v) is 25.7. The number of carboxylic acids is 1. The Morgan fingerprint density at radius 1 is 0.616 bits per heavy atom. The first-order valence-corrected chi connectivity index (χ1v) is 28.6. The van der Waals surface area contributed by atoms with Gasteiger partial charge >= 0.3 is 5.97 Å². The van der Waals surface area contributed by atoms with Crippen LogP contribution >= 0.6 is 0 Å². The van der Waals surface area contributed by atoms with Gasteiger partial charge in [0.1, 0.15) is 11.0 Å². The van der Waals surface area contributed by atoms with E-state index in [0.717, 1.165) is 112 Å². The zero-order valence-corrected chi connectivity index (χ0v) is 47.1. The lowest BCUT2D eigenvalue weighted by Crippen LogP contribution is -2.62. The summed E-state index contributed by atoms with van der Waals surface area (Å²) >= 11 is 0. The zero-order valence-electron chi connectivity index (χ0n) is 46.3. The van der Waals surface area contributed by atoms with E-state index in [2.05, 4.69) is 74.3 Å². The highest BCUT2D eigenvalue weighted by Crippen LogP contribution is 2.77. The molecule has 0 bridgehead atoms.